The van der Waals surface area contributed by atoms with Crippen LogP contribution < -0.4 is 17.2 Å². The molecule has 19 heavy (non-hydrogen) atoms. The minimum atomic E-state index is -0.889. The van der Waals surface area contributed by atoms with Crippen LogP contribution in [0.1, 0.15) is 12.8 Å². The van der Waals surface area contributed by atoms with E-state index in [1.807, 2.05) is 4.90 Å². The van der Waals surface area contributed by atoms with E-state index < -0.39 is 11.9 Å². The fourth-order valence-electron chi connectivity index (χ4n) is 2.11. The standard InChI is InChI=1S/C11H21N5O3/c12-8(6-9(13)17)11(19)16-3-1-2-15(4-5-16)7-10(14)18/h8H,1-7,12H2,(H2,13,17)(H2,14,18). The van der Waals surface area contributed by atoms with E-state index in [4.69, 9.17) is 17.2 Å². The largest absolute Gasteiger partial charge is 0.370 e. The van der Waals surface area contributed by atoms with Gasteiger partial charge in [0.25, 0.3) is 0 Å². The summed E-state index contributed by atoms with van der Waals surface area (Å²) in [4.78, 5) is 37.1. The second-order valence-electron chi connectivity index (χ2n) is 4.70. The Bertz CT molecular complexity index is 360. The van der Waals surface area contributed by atoms with Crippen LogP contribution in [-0.4, -0.2) is 66.3 Å². The maximum Gasteiger partial charge on any atom is 0.240 e. The molecule has 1 heterocycles. The summed E-state index contributed by atoms with van der Waals surface area (Å²) in [6, 6.07) is -0.889. The zero-order chi connectivity index (χ0) is 14.4. The SMILES string of the molecule is NC(=O)CC(N)C(=O)N1CCCN(CC(N)=O)CC1. The highest BCUT2D eigenvalue weighted by Gasteiger charge is 2.25. The summed E-state index contributed by atoms with van der Waals surface area (Å²) in [5, 5.41) is 0. The van der Waals surface area contributed by atoms with Crippen LogP contribution in [0, 0.1) is 0 Å². The van der Waals surface area contributed by atoms with Gasteiger partial charge in [0.2, 0.25) is 17.7 Å². The van der Waals surface area contributed by atoms with Crippen LogP contribution >= 0.6 is 0 Å². The lowest BCUT2D eigenvalue weighted by atomic mass is 10.2. The highest BCUT2D eigenvalue weighted by atomic mass is 16.2. The first kappa shape index (κ1) is 15.4. The Kier molecular flexibility index (Phi) is 5.71. The van der Waals surface area contributed by atoms with Gasteiger partial charge in [-0.2, -0.15) is 0 Å². The molecule has 0 radical (unpaired) electrons. The molecular formula is C11H21N5O3. The van der Waals surface area contributed by atoms with E-state index in [1.54, 1.807) is 4.90 Å². The molecule has 8 nitrogen and oxygen atoms in total. The second kappa shape index (κ2) is 7.05. The second-order valence-corrected chi connectivity index (χ2v) is 4.70. The van der Waals surface area contributed by atoms with Gasteiger partial charge in [-0.25, -0.2) is 0 Å². The highest BCUT2D eigenvalue weighted by molar-refractivity contribution is 5.87. The summed E-state index contributed by atoms with van der Waals surface area (Å²) in [7, 11) is 0. The van der Waals surface area contributed by atoms with E-state index in [0.29, 0.717) is 26.2 Å². The van der Waals surface area contributed by atoms with Crippen molar-refractivity contribution in [3.63, 3.8) is 0 Å². The van der Waals surface area contributed by atoms with Crippen molar-refractivity contribution in [1.82, 2.24) is 9.80 Å². The monoisotopic (exact) mass is 271 g/mol. The van der Waals surface area contributed by atoms with E-state index in [-0.39, 0.29) is 24.8 Å². The van der Waals surface area contributed by atoms with Crippen LogP contribution in [0.4, 0.5) is 0 Å². The molecule has 1 saturated heterocycles. The van der Waals surface area contributed by atoms with Crippen molar-refractivity contribution in [2.75, 3.05) is 32.7 Å². The molecule has 1 fully saturated rings. The van der Waals surface area contributed by atoms with Gasteiger partial charge < -0.3 is 22.1 Å². The van der Waals surface area contributed by atoms with Gasteiger partial charge in [-0.3, -0.25) is 19.3 Å². The molecule has 1 rings (SSSR count). The molecule has 1 atom stereocenters. The van der Waals surface area contributed by atoms with E-state index in [9.17, 15) is 14.4 Å². The van der Waals surface area contributed by atoms with Gasteiger partial charge in [0.15, 0.2) is 0 Å². The van der Waals surface area contributed by atoms with Crippen molar-refractivity contribution in [3.8, 4) is 0 Å². The molecule has 1 aliphatic rings. The Hall–Kier alpha value is -1.67. The summed E-state index contributed by atoms with van der Waals surface area (Å²) in [6.45, 7) is 2.49. The summed E-state index contributed by atoms with van der Waals surface area (Å²) >= 11 is 0. The molecule has 3 amide bonds. The smallest absolute Gasteiger partial charge is 0.240 e. The zero-order valence-electron chi connectivity index (χ0n) is 10.9. The lowest BCUT2D eigenvalue weighted by Crippen LogP contribution is -2.47. The number of carbonyl (C=O) groups is 3. The minimum absolute atomic E-state index is 0.152. The molecule has 0 aromatic carbocycles. The lowest BCUT2D eigenvalue weighted by Gasteiger charge is -2.23. The molecule has 0 aromatic rings. The molecular weight excluding hydrogens is 250 g/mol. The number of rotatable bonds is 5. The molecule has 1 unspecified atom stereocenters. The fourth-order valence-corrected chi connectivity index (χ4v) is 2.11. The van der Waals surface area contributed by atoms with E-state index in [0.717, 1.165) is 6.42 Å². The third-order valence-electron chi connectivity index (χ3n) is 3.02. The van der Waals surface area contributed by atoms with Gasteiger partial charge in [-0.05, 0) is 6.42 Å². The van der Waals surface area contributed by atoms with Crippen LogP contribution in [-0.2, 0) is 14.4 Å². The van der Waals surface area contributed by atoms with Crippen molar-refractivity contribution in [1.29, 1.82) is 0 Å². The molecule has 1 aliphatic heterocycles. The van der Waals surface area contributed by atoms with Gasteiger partial charge in [-0.15, -0.1) is 0 Å². The first-order valence-corrected chi connectivity index (χ1v) is 6.23. The highest BCUT2D eigenvalue weighted by Crippen LogP contribution is 2.05. The average Bonchev–Trinajstić information content (AvgIpc) is 2.52. The normalized spacial score (nSPS) is 18.7. The van der Waals surface area contributed by atoms with Crippen LogP contribution in [0.3, 0.4) is 0 Å². The Morgan fingerprint density at radius 3 is 2.26 bits per heavy atom. The molecule has 0 bridgehead atoms. The fraction of sp³-hybridized carbons (Fsp3) is 0.727. The zero-order valence-corrected chi connectivity index (χ0v) is 10.9. The first-order valence-electron chi connectivity index (χ1n) is 6.23. The average molecular weight is 271 g/mol. The molecule has 6 N–H and O–H groups in total. The first-order chi connectivity index (χ1) is 8.90. The number of nitrogens with two attached hydrogens (primary N) is 3. The van der Waals surface area contributed by atoms with Crippen LogP contribution in [0.15, 0.2) is 0 Å². The Morgan fingerprint density at radius 2 is 1.68 bits per heavy atom. The van der Waals surface area contributed by atoms with Crippen molar-refractivity contribution in [3.05, 3.63) is 0 Å². The summed E-state index contributed by atoms with van der Waals surface area (Å²) < 4.78 is 0. The van der Waals surface area contributed by atoms with E-state index >= 15 is 0 Å². The van der Waals surface area contributed by atoms with Crippen molar-refractivity contribution in [2.24, 2.45) is 17.2 Å². The molecule has 108 valence electrons. The Morgan fingerprint density at radius 1 is 1.00 bits per heavy atom. The molecule has 0 aromatic heterocycles. The van der Waals surface area contributed by atoms with Crippen molar-refractivity contribution >= 4 is 17.7 Å². The van der Waals surface area contributed by atoms with Crippen molar-refractivity contribution in [2.45, 2.75) is 18.9 Å². The van der Waals surface area contributed by atoms with E-state index in [1.165, 1.54) is 0 Å². The van der Waals surface area contributed by atoms with Gasteiger partial charge >= 0.3 is 0 Å². The number of hydrogen-bond donors (Lipinski definition) is 3. The molecule has 0 spiro atoms. The quantitative estimate of drug-likeness (QED) is 0.496. The van der Waals surface area contributed by atoms with Crippen molar-refractivity contribution < 1.29 is 14.4 Å². The topological polar surface area (TPSA) is 136 Å². The van der Waals surface area contributed by atoms with E-state index in [2.05, 4.69) is 0 Å². The Labute approximate surface area is 111 Å². The lowest BCUT2D eigenvalue weighted by molar-refractivity contribution is -0.134. The maximum absolute atomic E-state index is 12.0. The number of nitrogens with zero attached hydrogens (tertiary/aromatic N) is 2. The number of amides is 3. The predicted molar refractivity (Wildman–Crippen MR) is 68.6 cm³/mol. The Balaban J connectivity index is 2.49. The predicted octanol–water partition coefficient (Wildman–Crippen LogP) is -2.79. The molecule has 8 heteroatoms. The van der Waals surface area contributed by atoms with Gasteiger partial charge in [0, 0.05) is 26.2 Å². The third kappa shape index (κ3) is 5.23. The molecule has 0 aliphatic carbocycles. The van der Waals surface area contributed by atoms with Crippen LogP contribution in [0.2, 0.25) is 0 Å². The third-order valence-corrected chi connectivity index (χ3v) is 3.02. The van der Waals surface area contributed by atoms with Crippen LogP contribution in [0.25, 0.3) is 0 Å². The number of carbonyl (C=O) groups excluding carboxylic acids is 3. The summed E-state index contributed by atoms with van der Waals surface area (Å²) in [5.41, 5.74) is 15.8. The van der Waals surface area contributed by atoms with Gasteiger partial charge in [-0.1, -0.05) is 0 Å². The number of primary amides is 2. The number of hydrogen-bond acceptors (Lipinski definition) is 5. The van der Waals surface area contributed by atoms with Gasteiger partial charge in [0.05, 0.1) is 19.0 Å². The van der Waals surface area contributed by atoms with Crippen LogP contribution in [0.5, 0.6) is 0 Å². The maximum atomic E-state index is 12.0. The summed E-state index contributed by atoms with van der Waals surface area (Å²) in [6.07, 6.45) is 0.586. The molecule has 0 saturated carbocycles. The minimum Gasteiger partial charge on any atom is -0.370 e. The summed E-state index contributed by atoms with van der Waals surface area (Å²) in [5.74, 6) is -1.25. The van der Waals surface area contributed by atoms with Gasteiger partial charge in [0.1, 0.15) is 0 Å².